The number of carbonyl (C=O) groups is 1. The van der Waals surface area contributed by atoms with Crippen LogP contribution in [-0.4, -0.2) is 21.4 Å². The number of nitrogen functional groups attached to an aromatic ring is 1. The molecule has 1 amide bonds. The van der Waals surface area contributed by atoms with Gasteiger partial charge in [0.05, 0.1) is 11.1 Å². The van der Waals surface area contributed by atoms with E-state index in [-0.39, 0.29) is 28.4 Å². The van der Waals surface area contributed by atoms with Crippen molar-refractivity contribution in [1.29, 1.82) is 0 Å². The van der Waals surface area contributed by atoms with Crippen molar-refractivity contribution in [3.05, 3.63) is 52.7 Å². The average molecular weight is 311 g/mol. The summed E-state index contributed by atoms with van der Waals surface area (Å²) in [6.07, 6.45) is 0. The number of aromatic hydroxyl groups is 1. The highest BCUT2D eigenvalue weighted by atomic mass is 16.3. The largest absolute Gasteiger partial charge is 0.493 e. The monoisotopic (exact) mass is 311 g/mol. The fourth-order valence-corrected chi connectivity index (χ4v) is 2.77. The molecule has 0 bridgehead atoms. The highest BCUT2D eigenvalue weighted by Gasteiger charge is 2.37. The van der Waals surface area contributed by atoms with Crippen molar-refractivity contribution >= 4 is 11.6 Å². The van der Waals surface area contributed by atoms with Gasteiger partial charge in [-0.25, -0.2) is 9.67 Å². The van der Waals surface area contributed by atoms with Gasteiger partial charge in [-0.3, -0.25) is 4.79 Å². The first-order valence-corrected chi connectivity index (χ1v) is 6.97. The highest BCUT2D eigenvalue weighted by Crippen LogP contribution is 2.40. The fraction of sp³-hybridized carbons (Fsp3) is 0.125. The summed E-state index contributed by atoms with van der Waals surface area (Å²) in [4.78, 5) is 16.4. The molecule has 3 aromatic heterocycles. The smallest absolute Gasteiger partial charge is 0.280 e. The highest BCUT2D eigenvalue weighted by molar-refractivity contribution is 6.29. The second-order valence-corrected chi connectivity index (χ2v) is 5.38. The number of carbonyl (C=O) groups excluding carboxylic acids is 1. The Hall–Kier alpha value is -3.22. The Morgan fingerprint density at radius 1 is 1.04 bits per heavy atom. The number of rotatable bonds is 2. The van der Waals surface area contributed by atoms with Crippen LogP contribution in [0.15, 0.2) is 38.1 Å². The van der Waals surface area contributed by atoms with Crippen LogP contribution in [0.3, 0.4) is 0 Å². The fourth-order valence-electron chi connectivity index (χ4n) is 2.77. The first kappa shape index (κ1) is 13.4. The second-order valence-electron chi connectivity index (χ2n) is 5.38. The van der Waals surface area contributed by atoms with Crippen molar-refractivity contribution < 1.29 is 18.7 Å². The maximum absolute atomic E-state index is 12.4. The lowest BCUT2D eigenvalue weighted by Gasteiger charge is -2.03. The standard InChI is InChI=1S/C16H13N3O4/c1-7-3-5-9(22-7)13-11-12(15(20)18-13)14(19(17)16(11)21)10-6-4-8(2)23-10/h3-6,21H,17H2,1-2H3. The zero-order chi connectivity index (χ0) is 16.3. The zero-order valence-corrected chi connectivity index (χ0v) is 12.5. The lowest BCUT2D eigenvalue weighted by Crippen LogP contribution is -2.11. The van der Waals surface area contributed by atoms with Crippen molar-refractivity contribution in [3.63, 3.8) is 0 Å². The molecule has 3 aromatic rings. The predicted octanol–water partition coefficient (Wildman–Crippen LogP) is 2.37. The zero-order valence-electron chi connectivity index (χ0n) is 12.5. The van der Waals surface area contributed by atoms with Gasteiger partial charge in [0.1, 0.15) is 22.9 Å². The molecule has 0 saturated heterocycles. The third-order valence-corrected chi connectivity index (χ3v) is 3.79. The van der Waals surface area contributed by atoms with Crippen LogP contribution in [0.4, 0.5) is 0 Å². The van der Waals surface area contributed by atoms with E-state index in [1.54, 1.807) is 38.1 Å². The van der Waals surface area contributed by atoms with Crippen LogP contribution >= 0.6 is 0 Å². The van der Waals surface area contributed by atoms with E-state index in [1.165, 1.54) is 0 Å². The number of nitrogens with zero attached hydrogens (tertiary/aromatic N) is 2. The molecule has 4 rings (SSSR count). The number of furan rings is 2. The summed E-state index contributed by atoms with van der Waals surface area (Å²) in [5.41, 5.74) is 1.03. The van der Waals surface area contributed by atoms with Gasteiger partial charge in [-0.1, -0.05) is 0 Å². The van der Waals surface area contributed by atoms with Gasteiger partial charge in [0.25, 0.3) is 5.91 Å². The molecule has 116 valence electrons. The Morgan fingerprint density at radius 3 is 2.22 bits per heavy atom. The Kier molecular flexibility index (Phi) is 2.57. The van der Waals surface area contributed by atoms with Crippen LogP contribution in [0.5, 0.6) is 5.88 Å². The Bertz CT molecular complexity index is 987. The van der Waals surface area contributed by atoms with Crippen molar-refractivity contribution in [1.82, 2.24) is 4.68 Å². The maximum atomic E-state index is 12.4. The van der Waals surface area contributed by atoms with Gasteiger partial charge in [-0.2, -0.15) is 0 Å². The van der Waals surface area contributed by atoms with E-state index in [2.05, 4.69) is 4.99 Å². The predicted molar refractivity (Wildman–Crippen MR) is 82.1 cm³/mol. The molecule has 0 unspecified atom stereocenters. The topological polar surface area (TPSA) is 107 Å². The quantitative estimate of drug-likeness (QED) is 0.706. The van der Waals surface area contributed by atoms with Crippen molar-refractivity contribution in [2.75, 3.05) is 5.84 Å². The molecule has 0 radical (unpaired) electrons. The maximum Gasteiger partial charge on any atom is 0.280 e. The lowest BCUT2D eigenvalue weighted by molar-refractivity contribution is 0.101. The molecule has 1 aliphatic heterocycles. The molecule has 0 saturated carbocycles. The number of amides is 1. The summed E-state index contributed by atoms with van der Waals surface area (Å²) >= 11 is 0. The summed E-state index contributed by atoms with van der Waals surface area (Å²) < 4.78 is 12.1. The molecular formula is C16H13N3O4. The molecular weight excluding hydrogens is 298 g/mol. The minimum atomic E-state index is -0.493. The van der Waals surface area contributed by atoms with E-state index in [4.69, 9.17) is 14.7 Å². The van der Waals surface area contributed by atoms with Crippen molar-refractivity contribution in [2.45, 2.75) is 13.8 Å². The first-order chi connectivity index (χ1) is 11.0. The van der Waals surface area contributed by atoms with Gasteiger partial charge >= 0.3 is 0 Å². The molecule has 0 atom stereocenters. The molecule has 7 heteroatoms. The molecule has 3 N–H and O–H groups in total. The summed E-state index contributed by atoms with van der Waals surface area (Å²) in [5, 5.41) is 10.4. The van der Waals surface area contributed by atoms with Gasteiger partial charge < -0.3 is 19.8 Å². The summed E-state index contributed by atoms with van der Waals surface area (Å²) in [5.74, 6) is 7.32. The Labute approximate surface area is 130 Å². The molecule has 1 aliphatic rings. The third kappa shape index (κ3) is 1.76. The van der Waals surface area contributed by atoms with E-state index in [1.807, 2.05) is 0 Å². The minimum absolute atomic E-state index is 0.211. The van der Waals surface area contributed by atoms with Gasteiger partial charge in [0, 0.05) is 0 Å². The number of aliphatic imine (C=N–C) groups is 1. The Morgan fingerprint density at radius 2 is 1.65 bits per heavy atom. The van der Waals surface area contributed by atoms with Crippen molar-refractivity contribution in [2.24, 2.45) is 4.99 Å². The number of aromatic nitrogens is 1. The molecule has 0 fully saturated rings. The number of nitrogens with two attached hydrogens (primary N) is 1. The van der Waals surface area contributed by atoms with Crippen LogP contribution in [-0.2, 0) is 0 Å². The van der Waals surface area contributed by atoms with Crippen LogP contribution in [0.25, 0.3) is 11.5 Å². The van der Waals surface area contributed by atoms with Gasteiger partial charge in [-0.15, -0.1) is 0 Å². The van der Waals surface area contributed by atoms with Crippen LogP contribution in [0.2, 0.25) is 0 Å². The van der Waals surface area contributed by atoms with E-state index < -0.39 is 5.91 Å². The van der Waals surface area contributed by atoms with Crippen LogP contribution < -0.4 is 5.84 Å². The van der Waals surface area contributed by atoms with E-state index in [0.717, 1.165) is 4.68 Å². The van der Waals surface area contributed by atoms with E-state index >= 15 is 0 Å². The average Bonchev–Trinajstić information content (AvgIpc) is 3.23. The van der Waals surface area contributed by atoms with E-state index in [0.29, 0.717) is 23.0 Å². The normalized spacial score (nSPS) is 13.5. The van der Waals surface area contributed by atoms with Crippen LogP contribution in [0.1, 0.15) is 33.2 Å². The molecule has 7 nitrogen and oxygen atoms in total. The lowest BCUT2D eigenvalue weighted by atomic mass is 10.1. The van der Waals surface area contributed by atoms with Crippen LogP contribution in [0, 0.1) is 13.8 Å². The molecule has 4 heterocycles. The van der Waals surface area contributed by atoms with Gasteiger partial charge in [-0.05, 0) is 38.1 Å². The van der Waals surface area contributed by atoms with Gasteiger partial charge in [0.2, 0.25) is 5.88 Å². The molecule has 23 heavy (non-hydrogen) atoms. The summed E-state index contributed by atoms with van der Waals surface area (Å²) in [6.45, 7) is 3.56. The summed E-state index contributed by atoms with van der Waals surface area (Å²) in [7, 11) is 0. The molecule has 0 spiro atoms. The second kappa shape index (κ2) is 4.39. The number of hydrogen-bond acceptors (Lipinski definition) is 5. The summed E-state index contributed by atoms with van der Waals surface area (Å²) in [6, 6.07) is 6.90. The number of aryl methyl sites for hydroxylation is 2. The number of fused-ring (bicyclic) bond motifs is 1. The third-order valence-electron chi connectivity index (χ3n) is 3.79. The minimum Gasteiger partial charge on any atom is -0.493 e. The van der Waals surface area contributed by atoms with E-state index in [9.17, 15) is 9.90 Å². The van der Waals surface area contributed by atoms with Crippen molar-refractivity contribution in [3.8, 4) is 17.3 Å². The Balaban J connectivity index is 1.97. The first-order valence-electron chi connectivity index (χ1n) is 6.97. The number of hydrogen-bond donors (Lipinski definition) is 2. The molecule has 0 aromatic carbocycles. The van der Waals surface area contributed by atoms with Gasteiger partial charge in [0.15, 0.2) is 11.5 Å². The molecule has 0 aliphatic carbocycles. The SMILES string of the molecule is Cc1ccc(C2=NC(=O)c3c2c(O)n(N)c3-c2ccc(C)o2)o1.